The normalized spacial score (nSPS) is 9.94. The Morgan fingerprint density at radius 3 is 2.50 bits per heavy atom. The molecule has 16 heavy (non-hydrogen) atoms. The maximum absolute atomic E-state index is 11.6. The first-order valence-electron chi connectivity index (χ1n) is 5.49. The number of nitrogens with one attached hydrogen (secondary N) is 1. The van der Waals surface area contributed by atoms with Gasteiger partial charge in [0, 0.05) is 25.8 Å². The Morgan fingerprint density at radius 2 is 2.00 bits per heavy atom. The van der Waals surface area contributed by atoms with Crippen molar-refractivity contribution < 1.29 is 4.79 Å². The Hall–Kier alpha value is -1.55. The Balaban J connectivity index is 2.64. The number of carbonyl (C=O) groups excluding carboxylic acids is 1. The van der Waals surface area contributed by atoms with Crippen LogP contribution in [0.3, 0.4) is 0 Å². The molecule has 0 unspecified atom stereocenters. The number of urea groups is 1. The molecule has 0 aliphatic carbocycles. The molecule has 1 rings (SSSR count). The van der Waals surface area contributed by atoms with Gasteiger partial charge in [-0.25, -0.2) is 4.79 Å². The van der Waals surface area contributed by atoms with Crippen LogP contribution >= 0.6 is 0 Å². The molecule has 0 aromatic heterocycles. The van der Waals surface area contributed by atoms with Gasteiger partial charge in [-0.3, -0.25) is 4.90 Å². The number of nitrogens with zero attached hydrogens (tertiary/aromatic N) is 1. The number of benzene rings is 1. The van der Waals surface area contributed by atoms with Gasteiger partial charge in [-0.2, -0.15) is 0 Å². The van der Waals surface area contributed by atoms with E-state index in [1.165, 1.54) is 0 Å². The van der Waals surface area contributed by atoms with Crippen molar-refractivity contribution in [1.82, 2.24) is 5.32 Å². The number of anilines is 1. The molecule has 0 saturated heterocycles. The Bertz CT molecular complexity index is 335. The van der Waals surface area contributed by atoms with Crippen LogP contribution in [-0.4, -0.2) is 19.6 Å². The quantitative estimate of drug-likeness (QED) is 0.813. The minimum absolute atomic E-state index is 0.0812. The van der Waals surface area contributed by atoms with Crippen molar-refractivity contribution in [2.45, 2.75) is 19.9 Å². The second kappa shape index (κ2) is 6.12. The largest absolute Gasteiger partial charge is 0.338 e. The molecule has 88 valence electrons. The summed E-state index contributed by atoms with van der Waals surface area (Å²) in [5, 5.41) is 2.82. The first kappa shape index (κ1) is 12.5. The maximum Gasteiger partial charge on any atom is 0.321 e. The van der Waals surface area contributed by atoms with Crippen LogP contribution in [0.4, 0.5) is 10.5 Å². The van der Waals surface area contributed by atoms with E-state index in [4.69, 9.17) is 5.73 Å². The second-order valence-corrected chi connectivity index (χ2v) is 3.66. The van der Waals surface area contributed by atoms with Crippen LogP contribution in [0.1, 0.15) is 18.9 Å². The van der Waals surface area contributed by atoms with E-state index < -0.39 is 0 Å². The average molecular weight is 221 g/mol. The molecule has 4 nitrogen and oxygen atoms in total. The molecule has 0 heterocycles. The third kappa shape index (κ3) is 3.24. The summed E-state index contributed by atoms with van der Waals surface area (Å²) in [6, 6.07) is 7.57. The minimum atomic E-state index is -0.0812. The lowest BCUT2D eigenvalue weighted by Crippen LogP contribution is -2.37. The van der Waals surface area contributed by atoms with E-state index in [0.717, 1.165) is 17.7 Å². The molecule has 3 N–H and O–H groups in total. The molecule has 0 atom stereocenters. The van der Waals surface area contributed by atoms with E-state index in [1.807, 2.05) is 31.2 Å². The van der Waals surface area contributed by atoms with Crippen molar-refractivity contribution in [3.05, 3.63) is 29.8 Å². The van der Waals surface area contributed by atoms with E-state index in [1.54, 1.807) is 11.9 Å². The van der Waals surface area contributed by atoms with Gasteiger partial charge in [0.1, 0.15) is 0 Å². The zero-order valence-corrected chi connectivity index (χ0v) is 9.86. The summed E-state index contributed by atoms with van der Waals surface area (Å²) in [5.74, 6) is 0. The maximum atomic E-state index is 11.6. The first-order valence-corrected chi connectivity index (χ1v) is 5.49. The lowest BCUT2D eigenvalue weighted by molar-refractivity contribution is 0.247. The molecule has 0 bridgehead atoms. The highest BCUT2D eigenvalue weighted by molar-refractivity contribution is 5.91. The standard InChI is InChI=1S/C12H19N3O/c1-3-8-14-12(16)15(2)11-6-4-10(9-13)5-7-11/h4-7H,3,8-9,13H2,1-2H3,(H,14,16). The van der Waals surface area contributed by atoms with Gasteiger partial charge < -0.3 is 11.1 Å². The van der Waals surface area contributed by atoms with Crippen LogP contribution in [0.2, 0.25) is 0 Å². The molecule has 0 spiro atoms. The molecule has 1 aromatic carbocycles. The van der Waals surface area contributed by atoms with Gasteiger partial charge in [-0.15, -0.1) is 0 Å². The van der Waals surface area contributed by atoms with Gasteiger partial charge in [0.2, 0.25) is 0 Å². The number of amides is 2. The molecule has 0 saturated carbocycles. The summed E-state index contributed by atoms with van der Waals surface area (Å²) in [5.41, 5.74) is 7.44. The SMILES string of the molecule is CCCNC(=O)N(C)c1ccc(CN)cc1. The van der Waals surface area contributed by atoms with Crippen molar-refractivity contribution in [3.63, 3.8) is 0 Å². The molecular formula is C12H19N3O. The highest BCUT2D eigenvalue weighted by atomic mass is 16.2. The van der Waals surface area contributed by atoms with Crippen LogP contribution in [0.25, 0.3) is 0 Å². The molecule has 0 aliphatic heterocycles. The molecule has 2 amide bonds. The molecular weight excluding hydrogens is 202 g/mol. The Kier molecular flexibility index (Phi) is 4.79. The number of hydrogen-bond acceptors (Lipinski definition) is 2. The van der Waals surface area contributed by atoms with Crippen molar-refractivity contribution in [2.24, 2.45) is 5.73 Å². The zero-order chi connectivity index (χ0) is 12.0. The molecule has 0 aliphatic rings. The third-order valence-electron chi connectivity index (χ3n) is 2.39. The van der Waals surface area contributed by atoms with Gasteiger partial charge >= 0.3 is 6.03 Å². The van der Waals surface area contributed by atoms with Crippen molar-refractivity contribution in [2.75, 3.05) is 18.5 Å². The highest BCUT2D eigenvalue weighted by Gasteiger charge is 2.08. The zero-order valence-electron chi connectivity index (χ0n) is 9.86. The number of rotatable bonds is 4. The Labute approximate surface area is 96.4 Å². The molecule has 0 radical (unpaired) electrons. The van der Waals surface area contributed by atoms with Gasteiger partial charge in [0.15, 0.2) is 0 Å². The fourth-order valence-electron chi connectivity index (χ4n) is 1.32. The summed E-state index contributed by atoms with van der Waals surface area (Å²) in [7, 11) is 1.75. The molecule has 0 fully saturated rings. The van der Waals surface area contributed by atoms with Crippen LogP contribution in [0.15, 0.2) is 24.3 Å². The number of hydrogen-bond donors (Lipinski definition) is 2. The van der Waals surface area contributed by atoms with Gasteiger partial charge in [0.25, 0.3) is 0 Å². The van der Waals surface area contributed by atoms with Gasteiger partial charge in [-0.05, 0) is 24.1 Å². The van der Waals surface area contributed by atoms with Crippen molar-refractivity contribution in [1.29, 1.82) is 0 Å². The number of nitrogens with two attached hydrogens (primary N) is 1. The fraction of sp³-hybridized carbons (Fsp3) is 0.417. The van der Waals surface area contributed by atoms with Crippen molar-refractivity contribution >= 4 is 11.7 Å². The van der Waals surface area contributed by atoms with Crippen LogP contribution in [0, 0.1) is 0 Å². The summed E-state index contributed by atoms with van der Waals surface area (Å²) in [6.07, 6.45) is 0.936. The summed E-state index contributed by atoms with van der Waals surface area (Å²) >= 11 is 0. The Morgan fingerprint density at radius 1 is 1.38 bits per heavy atom. The van der Waals surface area contributed by atoms with Crippen LogP contribution in [-0.2, 0) is 6.54 Å². The lowest BCUT2D eigenvalue weighted by Gasteiger charge is -2.18. The van der Waals surface area contributed by atoms with E-state index in [2.05, 4.69) is 5.32 Å². The lowest BCUT2D eigenvalue weighted by atomic mass is 10.2. The summed E-state index contributed by atoms with van der Waals surface area (Å²) < 4.78 is 0. The van der Waals surface area contributed by atoms with E-state index in [9.17, 15) is 4.79 Å². The van der Waals surface area contributed by atoms with Crippen LogP contribution in [0.5, 0.6) is 0 Å². The predicted octanol–water partition coefficient (Wildman–Crippen LogP) is 1.70. The van der Waals surface area contributed by atoms with E-state index in [-0.39, 0.29) is 6.03 Å². The summed E-state index contributed by atoms with van der Waals surface area (Å²) in [6.45, 7) is 3.24. The molecule has 4 heteroatoms. The molecule has 1 aromatic rings. The fourth-order valence-corrected chi connectivity index (χ4v) is 1.32. The van der Waals surface area contributed by atoms with E-state index in [0.29, 0.717) is 13.1 Å². The van der Waals surface area contributed by atoms with Crippen LogP contribution < -0.4 is 16.0 Å². The second-order valence-electron chi connectivity index (χ2n) is 3.66. The van der Waals surface area contributed by atoms with Crippen molar-refractivity contribution in [3.8, 4) is 0 Å². The van der Waals surface area contributed by atoms with Gasteiger partial charge in [0.05, 0.1) is 0 Å². The third-order valence-corrected chi connectivity index (χ3v) is 2.39. The van der Waals surface area contributed by atoms with Gasteiger partial charge in [-0.1, -0.05) is 19.1 Å². The number of carbonyl (C=O) groups is 1. The van der Waals surface area contributed by atoms with E-state index >= 15 is 0 Å². The highest BCUT2D eigenvalue weighted by Crippen LogP contribution is 2.13. The monoisotopic (exact) mass is 221 g/mol. The topological polar surface area (TPSA) is 58.4 Å². The summed E-state index contributed by atoms with van der Waals surface area (Å²) in [4.78, 5) is 13.2. The average Bonchev–Trinajstić information content (AvgIpc) is 2.35. The smallest absolute Gasteiger partial charge is 0.321 e. The first-order chi connectivity index (χ1) is 7.69. The minimum Gasteiger partial charge on any atom is -0.338 e. The predicted molar refractivity (Wildman–Crippen MR) is 66.4 cm³/mol.